The van der Waals surface area contributed by atoms with E-state index in [9.17, 15) is 5.11 Å². The number of aliphatic hydroxyl groups excluding tert-OH is 2. The van der Waals surface area contributed by atoms with E-state index in [2.05, 4.69) is 24.2 Å². The minimum Gasteiger partial charge on any atom is -0.384 e. The van der Waals surface area contributed by atoms with E-state index in [4.69, 9.17) is 14.6 Å². The quantitative estimate of drug-likeness (QED) is 0.520. The van der Waals surface area contributed by atoms with E-state index in [1.165, 1.54) is 0 Å². The van der Waals surface area contributed by atoms with Crippen LogP contribution < -0.4 is 0 Å². The Morgan fingerprint density at radius 1 is 1.62 bits per heavy atom. The summed E-state index contributed by atoms with van der Waals surface area (Å²) in [5, 5.41) is 18.5. The molecule has 1 saturated heterocycles. The van der Waals surface area contributed by atoms with Gasteiger partial charge in [0.05, 0.1) is 12.2 Å². The lowest BCUT2D eigenvalue weighted by Gasteiger charge is -2.19. The van der Waals surface area contributed by atoms with E-state index >= 15 is 0 Å². The molecule has 0 saturated carbocycles. The van der Waals surface area contributed by atoms with Gasteiger partial charge in [0.1, 0.15) is 18.8 Å². The summed E-state index contributed by atoms with van der Waals surface area (Å²) in [5.41, 5.74) is 2.84. The first-order chi connectivity index (χ1) is 7.50. The molecule has 16 heavy (non-hydrogen) atoms. The molecule has 88 valence electrons. The highest BCUT2D eigenvalue weighted by molar-refractivity contribution is 5.32. The van der Waals surface area contributed by atoms with Crippen LogP contribution in [-0.2, 0) is 9.47 Å². The molecule has 1 rings (SSSR count). The molecule has 1 fully saturated rings. The molecular formula is C12H16O4. The maximum atomic E-state index is 9.94. The van der Waals surface area contributed by atoms with Gasteiger partial charge in [-0.3, -0.25) is 0 Å². The molecule has 4 nitrogen and oxygen atoms in total. The Morgan fingerprint density at radius 2 is 2.31 bits per heavy atom. The standard InChI is InChI=1S/C12H16O4/c1-4-9(6-5-7-13)11(14)10-8-15-12(2,3)16-10/h10-11,13-14H,1,7-8H2,2-3H3/t10-,11+/m1/s1. The van der Waals surface area contributed by atoms with Crippen LogP contribution in [-0.4, -0.2) is 41.4 Å². The summed E-state index contributed by atoms with van der Waals surface area (Å²) in [4.78, 5) is 0. The monoisotopic (exact) mass is 224 g/mol. The van der Waals surface area contributed by atoms with Gasteiger partial charge in [-0.05, 0) is 13.8 Å². The molecule has 1 aliphatic heterocycles. The zero-order valence-corrected chi connectivity index (χ0v) is 9.49. The van der Waals surface area contributed by atoms with E-state index in [-0.39, 0.29) is 6.61 Å². The number of hydrogen-bond donors (Lipinski definition) is 2. The molecule has 2 atom stereocenters. The lowest BCUT2D eigenvalue weighted by Crippen LogP contribution is -2.31. The zero-order chi connectivity index (χ0) is 12.2. The van der Waals surface area contributed by atoms with E-state index in [0.29, 0.717) is 12.2 Å². The van der Waals surface area contributed by atoms with Crippen LogP contribution in [0.4, 0.5) is 0 Å². The predicted octanol–water partition coefficient (Wildman–Crippen LogP) is 0.206. The van der Waals surface area contributed by atoms with Gasteiger partial charge in [-0.25, -0.2) is 0 Å². The summed E-state index contributed by atoms with van der Waals surface area (Å²) >= 11 is 0. The minimum absolute atomic E-state index is 0.272. The van der Waals surface area contributed by atoms with Crippen molar-refractivity contribution in [1.82, 2.24) is 0 Å². The van der Waals surface area contributed by atoms with E-state index in [1.807, 2.05) is 0 Å². The number of rotatable bonds is 2. The summed E-state index contributed by atoms with van der Waals surface area (Å²) in [6, 6.07) is 0. The predicted molar refractivity (Wildman–Crippen MR) is 58.4 cm³/mol. The van der Waals surface area contributed by atoms with Gasteiger partial charge in [-0.1, -0.05) is 18.4 Å². The Bertz CT molecular complexity index is 355. The van der Waals surface area contributed by atoms with E-state index in [0.717, 1.165) is 0 Å². The highest BCUT2D eigenvalue weighted by Crippen LogP contribution is 2.26. The van der Waals surface area contributed by atoms with Gasteiger partial charge in [-0.2, -0.15) is 0 Å². The molecule has 0 aromatic heterocycles. The number of aliphatic hydroxyl groups is 2. The minimum atomic E-state index is -0.932. The van der Waals surface area contributed by atoms with Crippen LogP contribution in [0.15, 0.2) is 17.9 Å². The van der Waals surface area contributed by atoms with Crippen molar-refractivity contribution in [2.45, 2.75) is 31.8 Å². The Hall–Kier alpha value is -1.08. The first-order valence-electron chi connectivity index (χ1n) is 4.99. The summed E-state index contributed by atoms with van der Waals surface area (Å²) < 4.78 is 10.8. The van der Waals surface area contributed by atoms with Crippen molar-refractivity contribution >= 4 is 0 Å². The van der Waals surface area contributed by atoms with Crippen LogP contribution in [0, 0.1) is 11.8 Å². The van der Waals surface area contributed by atoms with E-state index in [1.54, 1.807) is 13.8 Å². The molecule has 0 unspecified atom stereocenters. The van der Waals surface area contributed by atoms with Crippen molar-refractivity contribution in [1.29, 1.82) is 0 Å². The van der Waals surface area contributed by atoms with Crippen LogP contribution in [0.1, 0.15) is 13.8 Å². The average Bonchev–Trinajstić information content (AvgIpc) is 2.59. The van der Waals surface area contributed by atoms with Gasteiger partial charge in [0.15, 0.2) is 5.79 Å². The number of hydrogen-bond acceptors (Lipinski definition) is 4. The Morgan fingerprint density at radius 3 is 2.75 bits per heavy atom. The first-order valence-corrected chi connectivity index (χ1v) is 4.99. The van der Waals surface area contributed by atoms with Gasteiger partial charge in [0, 0.05) is 0 Å². The normalized spacial score (nSPS) is 24.1. The average molecular weight is 224 g/mol. The summed E-state index contributed by atoms with van der Waals surface area (Å²) in [6.45, 7) is 7.01. The molecule has 0 bridgehead atoms. The fourth-order valence-corrected chi connectivity index (χ4v) is 1.41. The van der Waals surface area contributed by atoms with Crippen molar-refractivity contribution in [3.8, 4) is 11.8 Å². The zero-order valence-electron chi connectivity index (χ0n) is 9.49. The first kappa shape index (κ1) is 13.0. The van der Waals surface area contributed by atoms with Crippen LogP contribution in [0.3, 0.4) is 0 Å². The molecule has 2 N–H and O–H groups in total. The second-order valence-electron chi connectivity index (χ2n) is 3.86. The van der Waals surface area contributed by atoms with E-state index < -0.39 is 18.0 Å². The molecule has 0 aromatic carbocycles. The van der Waals surface area contributed by atoms with Crippen molar-refractivity contribution in [2.24, 2.45) is 0 Å². The van der Waals surface area contributed by atoms with Gasteiger partial charge in [-0.15, -0.1) is 5.73 Å². The summed E-state index contributed by atoms with van der Waals surface area (Å²) in [7, 11) is 0. The van der Waals surface area contributed by atoms with Crippen molar-refractivity contribution in [3.05, 3.63) is 17.9 Å². The number of ether oxygens (including phenoxy) is 2. The second-order valence-corrected chi connectivity index (χ2v) is 3.86. The summed E-state index contributed by atoms with van der Waals surface area (Å²) in [6.07, 6.45) is -1.41. The van der Waals surface area contributed by atoms with Gasteiger partial charge in [0.2, 0.25) is 0 Å². The SMILES string of the molecule is C=C=C(C#CCO)[C@H](O)[C@H]1COC(C)(C)O1. The molecule has 0 spiro atoms. The molecule has 0 aromatic rings. The third kappa shape index (κ3) is 3.21. The molecular weight excluding hydrogens is 208 g/mol. The molecule has 0 aliphatic carbocycles. The van der Waals surface area contributed by atoms with Gasteiger partial charge >= 0.3 is 0 Å². The molecule has 0 radical (unpaired) electrons. The highest BCUT2D eigenvalue weighted by Gasteiger charge is 2.37. The van der Waals surface area contributed by atoms with Gasteiger partial charge in [0.25, 0.3) is 0 Å². The lowest BCUT2D eigenvalue weighted by atomic mass is 10.1. The van der Waals surface area contributed by atoms with Crippen LogP contribution in [0.2, 0.25) is 0 Å². The fraction of sp³-hybridized carbons (Fsp3) is 0.583. The molecule has 1 aliphatic rings. The molecule has 0 amide bonds. The van der Waals surface area contributed by atoms with Crippen molar-refractivity contribution < 1.29 is 19.7 Å². The fourth-order valence-electron chi connectivity index (χ4n) is 1.41. The van der Waals surface area contributed by atoms with Crippen LogP contribution >= 0.6 is 0 Å². The van der Waals surface area contributed by atoms with Crippen LogP contribution in [0.5, 0.6) is 0 Å². The van der Waals surface area contributed by atoms with Crippen molar-refractivity contribution in [2.75, 3.05) is 13.2 Å². The lowest BCUT2D eigenvalue weighted by molar-refractivity contribution is -0.147. The maximum absolute atomic E-state index is 9.94. The maximum Gasteiger partial charge on any atom is 0.163 e. The second kappa shape index (κ2) is 5.31. The molecule has 4 heteroatoms. The topological polar surface area (TPSA) is 58.9 Å². The Kier molecular flexibility index (Phi) is 4.31. The third-order valence-electron chi connectivity index (χ3n) is 2.17. The third-order valence-corrected chi connectivity index (χ3v) is 2.17. The highest BCUT2D eigenvalue weighted by atomic mass is 16.7. The Balaban J connectivity index is 2.71. The molecule has 1 heterocycles. The smallest absolute Gasteiger partial charge is 0.163 e. The summed E-state index contributed by atoms with van der Waals surface area (Å²) in [5.74, 6) is 4.32. The van der Waals surface area contributed by atoms with Crippen LogP contribution in [0.25, 0.3) is 0 Å². The van der Waals surface area contributed by atoms with Gasteiger partial charge < -0.3 is 19.7 Å². The Labute approximate surface area is 95.2 Å². The largest absolute Gasteiger partial charge is 0.384 e. The van der Waals surface area contributed by atoms with Crippen molar-refractivity contribution in [3.63, 3.8) is 0 Å².